The number of halogens is 3. The van der Waals surface area contributed by atoms with E-state index in [1.807, 2.05) is 0 Å². The van der Waals surface area contributed by atoms with Crippen molar-refractivity contribution in [3.05, 3.63) is 29.6 Å². The van der Waals surface area contributed by atoms with E-state index in [1.165, 1.54) is 12.0 Å². The number of nitrogens with zero attached hydrogens (tertiary/aromatic N) is 2. The van der Waals surface area contributed by atoms with Crippen LogP contribution < -0.4 is 5.73 Å². The van der Waals surface area contributed by atoms with Crippen LogP contribution in [-0.4, -0.2) is 49.1 Å². The first-order valence-corrected chi connectivity index (χ1v) is 5.91. The van der Waals surface area contributed by atoms with Crippen molar-refractivity contribution in [2.45, 2.75) is 6.18 Å². The summed E-state index contributed by atoms with van der Waals surface area (Å²) >= 11 is 0. The molecule has 0 aliphatic carbocycles. The predicted molar refractivity (Wildman–Crippen MR) is 66.1 cm³/mol. The summed E-state index contributed by atoms with van der Waals surface area (Å²) in [7, 11) is 1.49. The molecule has 2 N–H and O–H groups in total. The SMILES string of the molecule is COCCN(CCN)C(=O)c1ccc(C(F)(F)F)cn1. The summed E-state index contributed by atoms with van der Waals surface area (Å²) in [5, 5.41) is 0. The highest BCUT2D eigenvalue weighted by atomic mass is 19.4. The number of nitrogens with two attached hydrogens (primary N) is 1. The number of methoxy groups -OCH3 is 1. The van der Waals surface area contributed by atoms with E-state index in [2.05, 4.69) is 4.98 Å². The van der Waals surface area contributed by atoms with Gasteiger partial charge in [0, 0.05) is 32.9 Å². The van der Waals surface area contributed by atoms with Crippen molar-refractivity contribution in [1.29, 1.82) is 0 Å². The summed E-state index contributed by atoms with van der Waals surface area (Å²) in [6.07, 6.45) is -3.83. The van der Waals surface area contributed by atoms with E-state index in [9.17, 15) is 18.0 Å². The standard InChI is InChI=1S/C12H16F3N3O2/c1-20-7-6-18(5-4-16)11(19)10-3-2-9(8-17-10)12(13,14)15/h2-3,8H,4-7,16H2,1H3. The molecule has 0 radical (unpaired) electrons. The van der Waals surface area contributed by atoms with Gasteiger partial charge in [-0.1, -0.05) is 0 Å². The fourth-order valence-electron chi connectivity index (χ4n) is 1.52. The molecule has 20 heavy (non-hydrogen) atoms. The van der Waals surface area contributed by atoms with Crippen LogP contribution in [-0.2, 0) is 10.9 Å². The Labute approximate surface area is 114 Å². The molecule has 0 unspecified atom stereocenters. The quantitative estimate of drug-likeness (QED) is 0.853. The Bertz CT molecular complexity index is 435. The van der Waals surface area contributed by atoms with Crippen LogP contribution in [0.3, 0.4) is 0 Å². The summed E-state index contributed by atoms with van der Waals surface area (Å²) in [6, 6.07) is 1.89. The van der Waals surface area contributed by atoms with Crippen molar-refractivity contribution >= 4 is 5.91 Å². The van der Waals surface area contributed by atoms with Crippen molar-refractivity contribution in [3.63, 3.8) is 0 Å². The van der Waals surface area contributed by atoms with Crippen molar-refractivity contribution in [2.75, 3.05) is 33.4 Å². The van der Waals surface area contributed by atoms with Crippen molar-refractivity contribution in [1.82, 2.24) is 9.88 Å². The molecule has 0 saturated carbocycles. The van der Waals surface area contributed by atoms with Gasteiger partial charge in [0.15, 0.2) is 0 Å². The predicted octanol–water partition coefficient (Wildman–Crippen LogP) is 1.15. The van der Waals surface area contributed by atoms with E-state index in [4.69, 9.17) is 10.5 Å². The third-order valence-electron chi connectivity index (χ3n) is 2.56. The first kappa shape index (κ1) is 16.4. The number of aromatic nitrogens is 1. The van der Waals surface area contributed by atoms with Crippen LogP contribution in [0.15, 0.2) is 18.3 Å². The average Bonchev–Trinajstić information content (AvgIpc) is 2.42. The second-order valence-corrected chi connectivity index (χ2v) is 4.00. The molecule has 0 saturated heterocycles. The number of amides is 1. The Hall–Kier alpha value is -1.67. The lowest BCUT2D eigenvalue weighted by atomic mass is 10.2. The summed E-state index contributed by atoms with van der Waals surface area (Å²) in [5.74, 6) is -0.471. The Balaban J connectivity index is 2.83. The molecule has 112 valence electrons. The van der Waals surface area contributed by atoms with Gasteiger partial charge in [-0.2, -0.15) is 13.2 Å². The molecule has 1 amide bonds. The first-order chi connectivity index (χ1) is 9.40. The highest BCUT2D eigenvalue weighted by molar-refractivity contribution is 5.92. The minimum atomic E-state index is -4.47. The molecule has 1 rings (SSSR count). The molecule has 0 aliphatic heterocycles. The molecule has 0 atom stereocenters. The fraction of sp³-hybridized carbons (Fsp3) is 0.500. The largest absolute Gasteiger partial charge is 0.417 e. The van der Waals surface area contributed by atoms with E-state index in [0.717, 1.165) is 12.1 Å². The molecular weight excluding hydrogens is 275 g/mol. The van der Waals surface area contributed by atoms with Gasteiger partial charge in [0.2, 0.25) is 0 Å². The lowest BCUT2D eigenvalue weighted by molar-refractivity contribution is -0.137. The summed E-state index contributed by atoms with van der Waals surface area (Å²) in [4.78, 5) is 17.0. The van der Waals surface area contributed by atoms with E-state index in [-0.39, 0.29) is 18.8 Å². The Morgan fingerprint density at radius 2 is 2.10 bits per heavy atom. The molecular formula is C12H16F3N3O2. The number of pyridine rings is 1. The maximum absolute atomic E-state index is 12.4. The number of rotatable bonds is 6. The number of alkyl halides is 3. The van der Waals surface area contributed by atoms with Gasteiger partial charge in [-0.25, -0.2) is 0 Å². The van der Waals surface area contributed by atoms with E-state index in [0.29, 0.717) is 19.3 Å². The second kappa shape index (κ2) is 7.20. The molecule has 1 heterocycles. The van der Waals surface area contributed by atoms with Crippen LogP contribution in [0.25, 0.3) is 0 Å². The van der Waals surface area contributed by atoms with Crippen LogP contribution in [0, 0.1) is 0 Å². The molecule has 0 bridgehead atoms. The smallest absolute Gasteiger partial charge is 0.383 e. The second-order valence-electron chi connectivity index (χ2n) is 4.00. The van der Waals surface area contributed by atoms with E-state index >= 15 is 0 Å². The maximum Gasteiger partial charge on any atom is 0.417 e. The fourth-order valence-corrected chi connectivity index (χ4v) is 1.52. The van der Waals surface area contributed by atoms with Gasteiger partial charge in [0.25, 0.3) is 5.91 Å². The summed E-state index contributed by atoms with van der Waals surface area (Å²) in [6.45, 7) is 1.14. The lowest BCUT2D eigenvalue weighted by Crippen LogP contribution is -2.38. The molecule has 5 nitrogen and oxygen atoms in total. The van der Waals surface area contributed by atoms with Crippen LogP contribution >= 0.6 is 0 Å². The van der Waals surface area contributed by atoms with Gasteiger partial charge in [-0.05, 0) is 12.1 Å². The van der Waals surface area contributed by atoms with Gasteiger partial charge < -0.3 is 15.4 Å². The summed E-state index contributed by atoms with van der Waals surface area (Å²) < 4.78 is 42.1. The van der Waals surface area contributed by atoms with Gasteiger partial charge >= 0.3 is 6.18 Å². The maximum atomic E-state index is 12.4. The molecule has 0 fully saturated rings. The number of ether oxygens (including phenoxy) is 1. The minimum absolute atomic E-state index is 0.0532. The van der Waals surface area contributed by atoms with Crippen molar-refractivity contribution < 1.29 is 22.7 Å². The van der Waals surface area contributed by atoms with Crippen LogP contribution in [0.4, 0.5) is 13.2 Å². The minimum Gasteiger partial charge on any atom is -0.383 e. The zero-order valence-electron chi connectivity index (χ0n) is 11.0. The van der Waals surface area contributed by atoms with E-state index in [1.54, 1.807) is 0 Å². The zero-order chi connectivity index (χ0) is 15.2. The van der Waals surface area contributed by atoms with E-state index < -0.39 is 17.6 Å². The third kappa shape index (κ3) is 4.46. The molecule has 0 aliphatic rings. The van der Waals surface area contributed by atoms with Crippen molar-refractivity contribution in [3.8, 4) is 0 Å². The van der Waals surface area contributed by atoms with Crippen LogP contribution in [0.2, 0.25) is 0 Å². The Morgan fingerprint density at radius 1 is 1.40 bits per heavy atom. The molecule has 0 aromatic carbocycles. The monoisotopic (exact) mass is 291 g/mol. The van der Waals surface area contributed by atoms with Gasteiger partial charge in [0.05, 0.1) is 12.2 Å². The van der Waals surface area contributed by atoms with Gasteiger partial charge in [-0.3, -0.25) is 9.78 Å². The zero-order valence-corrected chi connectivity index (χ0v) is 11.0. The third-order valence-corrected chi connectivity index (χ3v) is 2.56. The average molecular weight is 291 g/mol. The Morgan fingerprint density at radius 3 is 2.55 bits per heavy atom. The van der Waals surface area contributed by atoms with Crippen molar-refractivity contribution in [2.24, 2.45) is 5.73 Å². The van der Waals surface area contributed by atoms with Crippen LogP contribution in [0.1, 0.15) is 16.1 Å². The lowest BCUT2D eigenvalue weighted by Gasteiger charge is -2.21. The highest BCUT2D eigenvalue weighted by Gasteiger charge is 2.31. The molecule has 8 heteroatoms. The molecule has 1 aromatic rings. The number of hydrogen-bond acceptors (Lipinski definition) is 4. The molecule has 0 spiro atoms. The summed E-state index contributed by atoms with van der Waals surface area (Å²) in [5.41, 5.74) is 4.45. The van der Waals surface area contributed by atoms with Crippen LogP contribution in [0.5, 0.6) is 0 Å². The van der Waals surface area contributed by atoms with Gasteiger partial charge in [0.1, 0.15) is 5.69 Å². The number of carbonyl (C=O) groups excluding carboxylic acids is 1. The molecule has 1 aromatic heterocycles. The Kier molecular flexibility index (Phi) is 5.90. The normalized spacial score (nSPS) is 11.4. The highest BCUT2D eigenvalue weighted by Crippen LogP contribution is 2.28. The van der Waals surface area contributed by atoms with Gasteiger partial charge in [-0.15, -0.1) is 0 Å². The topological polar surface area (TPSA) is 68.5 Å². The number of carbonyl (C=O) groups is 1. The number of hydrogen-bond donors (Lipinski definition) is 1. The first-order valence-electron chi connectivity index (χ1n) is 5.91.